The van der Waals surface area contributed by atoms with Crippen LogP contribution < -0.4 is 5.32 Å². The zero-order valence-corrected chi connectivity index (χ0v) is 13.4. The number of carbonyl (C=O) groups is 3. The van der Waals surface area contributed by atoms with Gasteiger partial charge in [-0.15, -0.1) is 0 Å². The van der Waals surface area contributed by atoms with E-state index in [2.05, 4.69) is 5.32 Å². The minimum absolute atomic E-state index is 0.100. The van der Waals surface area contributed by atoms with E-state index in [1.807, 2.05) is 44.2 Å². The molecule has 0 bridgehead atoms. The summed E-state index contributed by atoms with van der Waals surface area (Å²) in [4.78, 5) is 34.6. The lowest BCUT2D eigenvalue weighted by molar-refractivity contribution is -0.144. The van der Waals surface area contributed by atoms with E-state index in [9.17, 15) is 19.5 Å². The van der Waals surface area contributed by atoms with Gasteiger partial charge >= 0.3 is 11.9 Å². The molecule has 126 valence electrons. The third-order valence-corrected chi connectivity index (χ3v) is 3.44. The summed E-state index contributed by atoms with van der Waals surface area (Å²) in [5.41, 5.74) is 0.838. The molecule has 0 aromatic heterocycles. The Kier molecular flexibility index (Phi) is 7.25. The third-order valence-electron chi connectivity index (χ3n) is 3.44. The molecule has 3 N–H and O–H groups in total. The highest BCUT2D eigenvalue weighted by molar-refractivity contribution is 5.87. The minimum atomic E-state index is -1.11. The van der Waals surface area contributed by atoms with E-state index in [4.69, 9.17) is 5.11 Å². The predicted molar refractivity (Wildman–Crippen MR) is 84.9 cm³/mol. The molecule has 0 radical (unpaired) electrons. The summed E-state index contributed by atoms with van der Waals surface area (Å²) in [5.74, 6) is -3.44. The van der Waals surface area contributed by atoms with Crippen molar-refractivity contribution in [3.63, 3.8) is 0 Å². The van der Waals surface area contributed by atoms with Crippen LogP contribution in [0.15, 0.2) is 30.3 Å². The lowest BCUT2D eigenvalue weighted by Gasteiger charge is -2.20. The molecule has 1 rings (SSSR count). The van der Waals surface area contributed by atoms with Gasteiger partial charge < -0.3 is 15.5 Å². The number of rotatable bonds is 9. The number of hydrogen-bond acceptors (Lipinski definition) is 3. The van der Waals surface area contributed by atoms with E-state index in [0.29, 0.717) is 6.42 Å². The first-order valence-electron chi connectivity index (χ1n) is 7.58. The first kappa shape index (κ1) is 18.7. The molecule has 0 saturated heterocycles. The van der Waals surface area contributed by atoms with E-state index in [1.165, 1.54) is 0 Å². The first-order valence-corrected chi connectivity index (χ1v) is 7.58. The van der Waals surface area contributed by atoms with E-state index >= 15 is 0 Å². The van der Waals surface area contributed by atoms with Crippen LogP contribution >= 0.6 is 0 Å². The quantitative estimate of drug-likeness (QED) is 0.645. The van der Waals surface area contributed by atoms with Crippen LogP contribution in [0.2, 0.25) is 0 Å². The van der Waals surface area contributed by atoms with E-state index < -0.39 is 29.8 Å². The molecule has 0 aliphatic carbocycles. The average Bonchev–Trinajstić information content (AvgIpc) is 2.45. The lowest BCUT2D eigenvalue weighted by Crippen LogP contribution is -2.45. The van der Waals surface area contributed by atoms with Gasteiger partial charge in [0.2, 0.25) is 5.91 Å². The van der Waals surface area contributed by atoms with Gasteiger partial charge in [0.15, 0.2) is 0 Å². The van der Waals surface area contributed by atoms with Crippen molar-refractivity contribution >= 4 is 17.8 Å². The fraction of sp³-hybridized carbons (Fsp3) is 0.471. The van der Waals surface area contributed by atoms with Crippen molar-refractivity contribution in [2.24, 2.45) is 11.8 Å². The highest BCUT2D eigenvalue weighted by Gasteiger charge is 2.27. The molecule has 0 heterocycles. The maximum absolute atomic E-state index is 12.3. The Hall–Kier alpha value is -2.37. The molecule has 0 fully saturated rings. The summed E-state index contributed by atoms with van der Waals surface area (Å²) in [6.07, 6.45) is 0.216. The van der Waals surface area contributed by atoms with Crippen molar-refractivity contribution in [1.29, 1.82) is 0 Å². The van der Waals surface area contributed by atoms with Crippen molar-refractivity contribution in [1.82, 2.24) is 5.32 Å². The molecule has 0 aliphatic rings. The van der Waals surface area contributed by atoms with Gasteiger partial charge in [-0.2, -0.15) is 0 Å². The van der Waals surface area contributed by atoms with Gasteiger partial charge in [0, 0.05) is 0 Å². The summed E-state index contributed by atoms with van der Waals surface area (Å²) in [6.45, 7) is 3.72. The Morgan fingerprint density at radius 3 is 2.17 bits per heavy atom. The number of carboxylic acid groups (broad SMARTS) is 2. The van der Waals surface area contributed by atoms with Gasteiger partial charge in [0.25, 0.3) is 0 Å². The van der Waals surface area contributed by atoms with Gasteiger partial charge in [-0.25, -0.2) is 4.79 Å². The molecular formula is C17H23NO5. The molecule has 6 nitrogen and oxygen atoms in total. The third kappa shape index (κ3) is 6.95. The molecule has 1 aromatic carbocycles. The molecule has 2 atom stereocenters. The minimum Gasteiger partial charge on any atom is -0.481 e. The van der Waals surface area contributed by atoms with Gasteiger partial charge in [-0.05, 0) is 24.3 Å². The average molecular weight is 321 g/mol. The number of hydrogen-bond donors (Lipinski definition) is 3. The summed E-state index contributed by atoms with van der Waals surface area (Å²) in [7, 11) is 0. The number of benzene rings is 1. The number of carboxylic acids is 2. The Bertz CT molecular complexity index is 541. The largest absolute Gasteiger partial charge is 0.481 e. The molecule has 1 unspecified atom stereocenters. The van der Waals surface area contributed by atoms with Gasteiger partial charge in [0.1, 0.15) is 6.04 Å². The van der Waals surface area contributed by atoms with Crippen LogP contribution in [0.4, 0.5) is 0 Å². The topological polar surface area (TPSA) is 104 Å². The molecule has 0 spiro atoms. The highest BCUT2D eigenvalue weighted by atomic mass is 16.4. The molecule has 1 aromatic rings. The Morgan fingerprint density at radius 1 is 1.09 bits per heavy atom. The normalized spacial score (nSPS) is 13.3. The van der Waals surface area contributed by atoms with Gasteiger partial charge in [0.05, 0.1) is 12.3 Å². The number of amides is 1. The molecule has 0 aliphatic heterocycles. The number of nitrogens with one attached hydrogen (secondary N) is 1. The van der Waals surface area contributed by atoms with Gasteiger partial charge in [-0.1, -0.05) is 44.2 Å². The Labute approximate surface area is 135 Å². The molecule has 1 amide bonds. The van der Waals surface area contributed by atoms with E-state index in [0.717, 1.165) is 5.56 Å². The van der Waals surface area contributed by atoms with Crippen LogP contribution in [0.25, 0.3) is 0 Å². The maximum Gasteiger partial charge on any atom is 0.326 e. The molecule has 23 heavy (non-hydrogen) atoms. The zero-order valence-electron chi connectivity index (χ0n) is 13.4. The monoisotopic (exact) mass is 321 g/mol. The second-order valence-corrected chi connectivity index (χ2v) is 6.01. The molecular weight excluding hydrogens is 298 g/mol. The molecule has 6 heteroatoms. The van der Waals surface area contributed by atoms with Crippen LogP contribution in [-0.4, -0.2) is 34.1 Å². The SMILES string of the molecule is CC(C)C[C@H](NC(=O)C(CC(=O)O)Cc1ccccc1)C(=O)O. The second-order valence-electron chi connectivity index (χ2n) is 6.01. The molecule has 0 saturated carbocycles. The first-order chi connectivity index (χ1) is 10.8. The van der Waals surface area contributed by atoms with Crippen LogP contribution in [0, 0.1) is 11.8 Å². The van der Waals surface area contributed by atoms with Crippen LogP contribution in [0.1, 0.15) is 32.3 Å². The summed E-state index contributed by atoms with van der Waals surface area (Å²) >= 11 is 0. The van der Waals surface area contributed by atoms with Crippen LogP contribution in [-0.2, 0) is 20.8 Å². The fourth-order valence-corrected chi connectivity index (χ4v) is 2.35. The van der Waals surface area contributed by atoms with Crippen molar-refractivity contribution < 1.29 is 24.6 Å². The van der Waals surface area contributed by atoms with Crippen molar-refractivity contribution in [3.05, 3.63) is 35.9 Å². The Morgan fingerprint density at radius 2 is 1.70 bits per heavy atom. The summed E-state index contributed by atoms with van der Waals surface area (Å²) < 4.78 is 0. The number of aliphatic carboxylic acids is 2. The fourth-order valence-electron chi connectivity index (χ4n) is 2.35. The number of carbonyl (C=O) groups excluding carboxylic acids is 1. The van der Waals surface area contributed by atoms with E-state index in [1.54, 1.807) is 0 Å². The lowest BCUT2D eigenvalue weighted by atomic mass is 9.94. The van der Waals surface area contributed by atoms with Crippen LogP contribution in [0.3, 0.4) is 0 Å². The summed E-state index contributed by atoms with van der Waals surface area (Å²) in [5, 5.41) is 20.7. The predicted octanol–water partition coefficient (Wildman–Crippen LogP) is 1.94. The van der Waals surface area contributed by atoms with Gasteiger partial charge in [-0.3, -0.25) is 9.59 Å². The smallest absolute Gasteiger partial charge is 0.326 e. The van der Waals surface area contributed by atoms with E-state index in [-0.39, 0.29) is 18.8 Å². The summed E-state index contributed by atoms with van der Waals surface area (Å²) in [6, 6.07) is 8.07. The standard InChI is InChI=1S/C17H23NO5/c1-11(2)8-14(17(22)23)18-16(21)13(10-15(19)20)9-12-6-4-3-5-7-12/h3-7,11,13-14H,8-10H2,1-2H3,(H,18,21)(H,19,20)(H,22,23)/t13?,14-/m0/s1. The highest BCUT2D eigenvalue weighted by Crippen LogP contribution is 2.14. The Balaban J connectivity index is 2.82. The second kappa shape index (κ2) is 8.92. The van der Waals surface area contributed by atoms with Crippen molar-refractivity contribution in [3.8, 4) is 0 Å². The van der Waals surface area contributed by atoms with Crippen molar-refractivity contribution in [2.45, 2.75) is 39.2 Å². The van der Waals surface area contributed by atoms with Crippen molar-refractivity contribution in [2.75, 3.05) is 0 Å². The van der Waals surface area contributed by atoms with Crippen LogP contribution in [0.5, 0.6) is 0 Å². The zero-order chi connectivity index (χ0) is 17.4. The maximum atomic E-state index is 12.3.